The fraction of sp³-hybridized carbons (Fsp3) is 0.500. The molecule has 29 heavy (non-hydrogen) atoms. The number of nitrogens with zero attached hydrogens (tertiary/aromatic N) is 5. The number of anilines is 3. The second-order valence-electron chi connectivity index (χ2n) is 8.24. The second-order valence-corrected chi connectivity index (χ2v) is 8.24. The Morgan fingerprint density at radius 3 is 2.45 bits per heavy atom. The normalized spacial score (nSPS) is 19.0. The minimum atomic E-state index is -0.152. The molecule has 1 aliphatic heterocycles. The molecular weight excluding hydrogens is 364 g/mol. The van der Waals surface area contributed by atoms with E-state index in [9.17, 15) is 5.11 Å². The molecule has 0 radical (unpaired) electrons. The number of fused-ring (bicyclic) bond motifs is 1. The van der Waals surface area contributed by atoms with Crippen LogP contribution in [0.1, 0.15) is 51.0 Å². The van der Waals surface area contributed by atoms with Gasteiger partial charge in [0, 0.05) is 30.7 Å². The summed E-state index contributed by atoms with van der Waals surface area (Å²) in [4.78, 5) is 11.6. The van der Waals surface area contributed by atoms with Gasteiger partial charge in [0.1, 0.15) is 0 Å². The van der Waals surface area contributed by atoms with Crippen LogP contribution in [-0.4, -0.2) is 44.0 Å². The van der Waals surface area contributed by atoms with Crippen molar-refractivity contribution in [2.75, 3.05) is 23.3 Å². The van der Waals surface area contributed by atoms with Crippen LogP contribution in [0.5, 0.6) is 0 Å². The minimum absolute atomic E-state index is 0.152. The van der Waals surface area contributed by atoms with E-state index in [2.05, 4.69) is 49.2 Å². The van der Waals surface area contributed by atoms with Crippen molar-refractivity contribution in [1.82, 2.24) is 19.7 Å². The molecule has 0 amide bonds. The van der Waals surface area contributed by atoms with Crippen LogP contribution >= 0.6 is 0 Å². The van der Waals surface area contributed by atoms with Crippen LogP contribution in [0.2, 0.25) is 0 Å². The van der Waals surface area contributed by atoms with E-state index >= 15 is 0 Å². The summed E-state index contributed by atoms with van der Waals surface area (Å²) in [5, 5.41) is 18.6. The summed E-state index contributed by atoms with van der Waals surface area (Å²) in [5.41, 5.74) is 3.07. The van der Waals surface area contributed by atoms with Gasteiger partial charge in [-0.15, -0.1) is 0 Å². The number of aliphatic hydroxyl groups excluding tert-OH is 1. The first-order valence-corrected chi connectivity index (χ1v) is 10.8. The number of hydrogen-bond donors (Lipinski definition) is 2. The molecule has 1 aromatic carbocycles. The van der Waals surface area contributed by atoms with Gasteiger partial charge in [0.05, 0.1) is 23.7 Å². The second kappa shape index (κ2) is 7.99. The summed E-state index contributed by atoms with van der Waals surface area (Å²) in [6, 6.07) is 8.81. The van der Waals surface area contributed by atoms with E-state index in [1.54, 1.807) is 0 Å². The Labute approximate surface area is 170 Å². The number of aromatic nitrogens is 4. The third-order valence-corrected chi connectivity index (χ3v) is 6.21. The molecule has 7 nitrogen and oxygen atoms in total. The topological polar surface area (TPSA) is 79.1 Å². The Hall–Kier alpha value is -2.67. The van der Waals surface area contributed by atoms with Gasteiger partial charge in [-0.05, 0) is 49.9 Å². The van der Waals surface area contributed by atoms with Gasteiger partial charge >= 0.3 is 0 Å². The first-order chi connectivity index (χ1) is 14.3. The zero-order valence-corrected chi connectivity index (χ0v) is 16.7. The molecule has 1 saturated heterocycles. The highest BCUT2D eigenvalue weighted by Gasteiger charge is 2.19. The third-order valence-electron chi connectivity index (χ3n) is 6.21. The van der Waals surface area contributed by atoms with Crippen LogP contribution in [0.4, 0.5) is 17.3 Å². The summed E-state index contributed by atoms with van der Waals surface area (Å²) in [5.74, 6) is 0.601. The van der Waals surface area contributed by atoms with Crippen LogP contribution in [0.15, 0.2) is 36.7 Å². The van der Waals surface area contributed by atoms with Crippen molar-refractivity contribution in [2.45, 2.75) is 57.1 Å². The van der Waals surface area contributed by atoms with E-state index < -0.39 is 0 Å². The van der Waals surface area contributed by atoms with Gasteiger partial charge in [0.25, 0.3) is 0 Å². The Bertz CT molecular complexity index is 955. The average molecular weight is 393 g/mol. The number of benzene rings is 1. The molecule has 152 valence electrons. The number of piperidine rings is 1. The van der Waals surface area contributed by atoms with Crippen molar-refractivity contribution in [3.05, 3.63) is 36.7 Å². The van der Waals surface area contributed by atoms with E-state index in [4.69, 9.17) is 4.98 Å². The summed E-state index contributed by atoms with van der Waals surface area (Å²) in [6.45, 7) is 1.80. The van der Waals surface area contributed by atoms with E-state index in [1.807, 2.05) is 12.4 Å². The average Bonchev–Trinajstić information content (AvgIpc) is 3.19. The molecule has 2 fully saturated rings. The van der Waals surface area contributed by atoms with Gasteiger partial charge in [-0.3, -0.25) is 0 Å². The molecule has 2 aliphatic rings. The monoisotopic (exact) mass is 392 g/mol. The molecule has 1 saturated carbocycles. The summed E-state index contributed by atoms with van der Waals surface area (Å²) >= 11 is 0. The number of aliphatic hydroxyl groups is 1. The molecule has 5 rings (SSSR count). The van der Waals surface area contributed by atoms with Gasteiger partial charge in [0.2, 0.25) is 5.95 Å². The number of hydrogen-bond acceptors (Lipinski definition) is 6. The van der Waals surface area contributed by atoms with Crippen LogP contribution in [0, 0.1) is 0 Å². The Morgan fingerprint density at radius 2 is 1.69 bits per heavy atom. The summed E-state index contributed by atoms with van der Waals surface area (Å²) in [7, 11) is 0. The molecule has 3 heterocycles. The molecule has 1 aliphatic carbocycles. The quantitative estimate of drug-likeness (QED) is 0.698. The first-order valence-electron chi connectivity index (χ1n) is 10.8. The molecule has 0 bridgehead atoms. The van der Waals surface area contributed by atoms with Gasteiger partial charge < -0.3 is 15.3 Å². The standard InChI is InChI=1S/C22H28N6O/c29-20-10-12-27(13-11-20)18-8-6-17(7-9-18)25-22-23-14-16-15-24-28(21(16)26-22)19-4-2-1-3-5-19/h6-9,14-15,19-20,29H,1-5,10-13H2,(H,23,25,26). The van der Waals surface area contributed by atoms with Crippen molar-refractivity contribution in [3.63, 3.8) is 0 Å². The van der Waals surface area contributed by atoms with Crippen molar-refractivity contribution in [1.29, 1.82) is 0 Å². The van der Waals surface area contributed by atoms with E-state index in [0.717, 1.165) is 42.7 Å². The molecule has 7 heteroatoms. The summed E-state index contributed by atoms with van der Waals surface area (Å²) in [6.07, 6.45) is 11.5. The zero-order chi connectivity index (χ0) is 19.6. The molecule has 0 spiro atoms. The van der Waals surface area contributed by atoms with Crippen molar-refractivity contribution in [3.8, 4) is 0 Å². The van der Waals surface area contributed by atoms with E-state index in [0.29, 0.717) is 12.0 Å². The number of rotatable bonds is 4. The fourth-order valence-electron chi connectivity index (χ4n) is 4.50. The maximum absolute atomic E-state index is 9.69. The minimum Gasteiger partial charge on any atom is -0.393 e. The molecule has 2 aromatic heterocycles. The maximum atomic E-state index is 9.69. The van der Waals surface area contributed by atoms with Crippen molar-refractivity contribution >= 4 is 28.4 Å². The SMILES string of the molecule is OC1CCN(c2ccc(Nc3ncc4cnn(C5CCCCC5)c4n3)cc2)CC1. The Morgan fingerprint density at radius 1 is 0.931 bits per heavy atom. The Kier molecular flexibility index (Phi) is 5.06. The van der Waals surface area contributed by atoms with Crippen LogP contribution in [-0.2, 0) is 0 Å². The van der Waals surface area contributed by atoms with Gasteiger partial charge in [-0.1, -0.05) is 19.3 Å². The molecular formula is C22H28N6O. The lowest BCUT2D eigenvalue weighted by Crippen LogP contribution is -2.35. The largest absolute Gasteiger partial charge is 0.393 e. The van der Waals surface area contributed by atoms with Crippen LogP contribution in [0.25, 0.3) is 11.0 Å². The predicted molar refractivity (Wildman–Crippen MR) is 115 cm³/mol. The first kappa shape index (κ1) is 18.4. The highest BCUT2D eigenvalue weighted by atomic mass is 16.3. The lowest BCUT2D eigenvalue weighted by atomic mass is 9.96. The molecule has 0 unspecified atom stereocenters. The smallest absolute Gasteiger partial charge is 0.229 e. The maximum Gasteiger partial charge on any atom is 0.229 e. The van der Waals surface area contributed by atoms with Crippen LogP contribution < -0.4 is 10.2 Å². The molecule has 2 N–H and O–H groups in total. The lowest BCUT2D eigenvalue weighted by Gasteiger charge is -2.31. The third kappa shape index (κ3) is 3.92. The lowest BCUT2D eigenvalue weighted by molar-refractivity contribution is 0.145. The van der Waals surface area contributed by atoms with Gasteiger partial charge in [0.15, 0.2) is 5.65 Å². The van der Waals surface area contributed by atoms with Crippen LogP contribution in [0.3, 0.4) is 0 Å². The molecule has 0 atom stereocenters. The number of nitrogens with one attached hydrogen (secondary N) is 1. The van der Waals surface area contributed by atoms with E-state index in [1.165, 1.54) is 37.8 Å². The van der Waals surface area contributed by atoms with Gasteiger partial charge in [-0.2, -0.15) is 10.1 Å². The van der Waals surface area contributed by atoms with Crippen molar-refractivity contribution < 1.29 is 5.11 Å². The highest BCUT2D eigenvalue weighted by Crippen LogP contribution is 2.30. The van der Waals surface area contributed by atoms with E-state index in [-0.39, 0.29) is 6.10 Å². The highest BCUT2D eigenvalue weighted by molar-refractivity contribution is 5.75. The van der Waals surface area contributed by atoms with Gasteiger partial charge in [-0.25, -0.2) is 9.67 Å². The zero-order valence-electron chi connectivity index (χ0n) is 16.7. The van der Waals surface area contributed by atoms with Crippen molar-refractivity contribution in [2.24, 2.45) is 0 Å². The summed E-state index contributed by atoms with van der Waals surface area (Å²) < 4.78 is 2.09. The molecule has 3 aromatic rings. The predicted octanol–water partition coefficient (Wildman–Crippen LogP) is 4.04. The fourth-order valence-corrected chi connectivity index (χ4v) is 4.50. The Balaban J connectivity index is 1.32.